The van der Waals surface area contributed by atoms with E-state index in [1.165, 1.54) is 16.7 Å². The summed E-state index contributed by atoms with van der Waals surface area (Å²) in [4.78, 5) is 0. The van der Waals surface area contributed by atoms with Gasteiger partial charge in [0.05, 0.1) is 0 Å². The molecular formula is C18H22FN. The lowest BCUT2D eigenvalue weighted by Gasteiger charge is -2.15. The Hall–Kier alpha value is -1.67. The fourth-order valence-corrected chi connectivity index (χ4v) is 2.65. The van der Waals surface area contributed by atoms with E-state index in [1.54, 1.807) is 12.1 Å². The highest BCUT2D eigenvalue weighted by Gasteiger charge is 2.10. The van der Waals surface area contributed by atoms with Gasteiger partial charge in [0, 0.05) is 6.54 Å². The molecule has 0 saturated heterocycles. The van der Waals surface area contributed by atoms with Crippen LogP contribution in [0.3, 0.4) is 0 Å². The maximum absolute atomic E-state index is 13.5. The molecule has 1 N–H and O–H groups in total. The highest BCUT2D eigenvalue weighted by atomic mass is 19.1. The largest absolute Gasteiger partial charge is 0.313 e. The zero-order chi connectivity index (χ0) is 14.7. The third-order valence-electron chi connectivity index (χ3n) is 3.65. The summed E-state index contributed by atoms with van der Waals surface area (Å²) in [5.74, 6) is -0.162. The van der Waals surface area contributed by atoms with Crippen LogP contribution in [0.25, 0.3) is 11.1 Å². The average molecular weight is 271 g/mol. The van der Waals surface area contributed by atoms with Crippen LogP contribution in [-0.4, -0.2) is 6.54 Å². The first kappa shape index (κ1) is 14.7. The highest BCUT2D eigenvalue weighted by molar-refractivity contribution is 5.74. The van der Waals surface area contributed by atoms with Gasteiger partial charge in [-0.1, -0.05) is 19.1 Å². The lowest BCUT2D eigenvalue weighted by Crippen LogP contribution is -2.11. The van der Waals surface area contributed by atoms with Crippen LogP contribution in [0, 0.1) is 26.6 Å². The summed E-state index contributed by atoms with van der Waals surface area (Å²) in [5, 5.41) is 3.34. The maximum atomic E-state index is 13.5. The molecule has 0 saturated carbocycles. The van der Waals surface area contributed by atoms with Crippen molar-refractivity contribution in [3.8, 4) is 11.1 Å². The van der Waals surface area contributed by atoms with Gasteiger partial charge in [-0.2, -0.15) is 0 Å². The molecule has 2 aromatic rings. The van der Waals surface area contributed by atoms with Crippen LogP contribution in [0.15, 0.2) is 30.3 Å². The molecule has 0 spiro atoms. The first-order valence-electron chi connectivity index (χ1n) is 7.10. The van der Waals surface area contributed by atoms with Crippen molar-refractivity contribution in [3.05, 3.63) is 58.4 Å². The minimum Gasteiger partial charge on any atom is -0.313 e. The highest BCUT2D eigenvalue weighted by Crippen LogP contribution is 2.31. The van der Waals surface area contributed by atoms with Gasteiger partial charge in [0.15, 0.2) is 0 Å². The first-order chi connectivity index (χ1) is 9.52. The summed E-state index contributed by atoms with van der Waals surface area (Å²) < 4.78 is 13.5. The molecule has 0 atom stereocenters. The van der Waals surface area contributed by atoms with E-state index in [4.69, 9.17) is 0 Å². The standard InChI is InChI=1S/C18H22FN/c1-5-20-11-15-7-6-12(2)17(10-15)18-13(3)8-16(19)9-14(18)4/h6-10,20H,5,11H2,1-4H3. The van der Waals surface area contributed by atoms with Crippen molar-refractivity contribution in [1.29, 1.82) is 0 Å². The lowest BCUT2D eigenvalue weighted by molar-refractivity contribution is 0.625. The Morgan fingerprint density at radius 1 is 0.950 bits per heavy atom. The molecule has 0 aliphatic carbocycles. The molecular weight excluding hydrogens is 249 g/mol. The van der Waals surface area contributed by atoms with Gasteiger partial charge in [-0.05, 0) is 78.9 Å². The number of nitrogens with one attached hydrogen (secondary N) is 1. The van der Waals surface area contributed by atoms with E-state index in [0.29, 0.717) is 0 Å². The molecule has 2 heteroatoms. The number of rotatable bonds is 4. The molecule has 0 aliphatic rings. The van der Waals surface area contributed by atoms with Crippen molar-refractivity contribution in [2.75, 3.05) is 6.54 Å². The summed E-state index contributed by atoms with van der Waals surface area (Å²) in [7, 11) is 0. The maximum Gasteiger partial charge on any atom is 0.123 e. The van der Waals surface area contributed by atoms with Crippen LogP contribution in [0.1, 0.15) is 29.2 Å². The summed E-state index contributed by atoms with van der Waals surface area (Å²) in [6, 6.07) is 9.72. The molecule has 0 heterocycles. The van der Waals surface area contributed by atoms with Crippen molar-refractivity contribution in [1.82, 2.24) is 5.32 Å². The molecule has 106 valence electrons. The van der Waals surface area contributed by atoms with Crippen molar-refractivity contribution in [2.24, 2.45) is 0 Å². The van der Waals surface area contributed by atoms with E-state index in [-0.39, 0.29) is 5.82 Å². The molecule has 0 radical (unpaired) electrons. The number of benzene rings is 2. The molecule has 2 aromatic carbocycles. The van der Waals surface area contributed by atoms with Gasteiger partial charge in [0.2, 0.25) is 0 Å². The van der Waals surface area contributed by atoms with Gasteiger partial charge in [0.25, 0.3) is 0 Å². The predicted molar refractivity (Wildman–Crippen MR) is 83.4 cm³/mol. The van der Waals surface area contributed by atoms with Crippen molar-refractivity contribution >= 4 is 0 Å². The van der Waals surface area contributed by atoms with E-state index in [1.807, 2.05) is 13.8 Å². The molecule has 0 aromatic heterocycles. The zero-order valence-electron chi connectivity index (χ0n) is 12.7. The Morgan fingerprint density at radius 2 is 1.60 bits per heavy atom. The summed E-state index contributed by atoms with van der Waals surface area (Å²) in [6.45, 7) is 9.97. The van der Waals surface area contributed by atoms with Crippen molar-refractivity contribution in [3.63, 3.8) is 0 Å². The zero-order valence-corrected chi connectivity index (χ0v) is 12.7. The van der Waals surface area contributed by atoms with Crippen LogP contribution in [-0.2, 0) is 6.54 Å². The predicted octanol–water partition coefficient (Wildman–Crippen LogP) is 4.53. The van der Waals surface area contributed by atoms with E-state index in [2.05, 4.69) is 37.4 Å². The Balaban J connectivity index is 2.51. The second-order valence-electron chi connectivity index (χ2n) is 5.34. The third-order valence-corrected chi connectivity index (χ3v) is 3.65. The van der Waals surface area contributed by atoms with Gasteiger partial charge in [-0.15, -0.1) is 0 Å². The summed E-state index contributed by atoms with van der Waals surface area (Å²) in [6.07, 6.45) is 0. The summed E-state index contributed by atoms with van der Waals surface area (Å²) in [5.41, 5.74) is 6.83. The van der Waals surface area contributed by atoms with Gasteiger partial charge >= 0.3 is 0 Å². The van der Waals surface area contributed by atoms with E-state index in [9.17, 15) is 4.39 Å². The molecule has 0 aliphatic heterocycles. The van der Waals surface area contributed by atoms with E-state index < -0.39 is 0 Å². The lowest BCUT2D eigenvalue weighted by atomic mass is 9.91. The third kappa shape index (κ3) is 3.07. The van der Waals surface area contributed by atoms with Crippen LogP contribution < -0.4 is 5.32 Å². The normalized spacial score (nSPS) is 10.8. The number of hydrogen-bond donors (Lipinski definition) is 1. The quantitative estimate of drug-likeness (QED) is 0.861. The first-order valence-corrected chi connectivity index (χ1v) is 7.10. The van der Waals surface area contributed by atoms with Crippen LogP contribution in [0.5, 0.6) is 0 Å². The number of aryl methyl sites for hydroxylation is 3. The van der Waals surface area contributed by atoms with E-state index >= 15 is 0 Å². The average Bonchev–Trinajstić information content (AvgIpc) is 2.38. The minimum absolute atomic E-state index is 0.162. The van der Waals surface area contributed by atoms with Crippen molar-refractivity contribution < 1.29 is 4.39 Å². The minimum atomic E-state index is -0.162. The monoisotopic (exact) mass is 271 g/mol. The second kappa shape index (κ2) is 6.19. The molecule has 0 amide bonds. The fraction of sp³-hybridized carbons (Fsp3) is 0.333. The van der Waals surface area contributed by atoms with Crippen LogP contribution in [0.4, 0.5) is 4.39 Å². The smallest absolute Gasteiger partial charge is 0.123 e. The van der Waals surface area contributed by atoms with Gasteiger partial charge in [-0.25, -0.2) is 4.39 Å². The molecule has 0 fully saturated rings. The number of hydrogen-bond acceptors (Lipinski definition) is 1. The van der Waals surface area contributed by atoms with Gasteiger partial charge < -0.3 is 5.32 Å². The number of halogens is 1. The second-order valence-corrected chi connectivity index (χ2v) is 5.34. The van der Waals surface area contributed by atoms with Gasteiger partial charge in [-0.3, -0.25) is 0 Å². The molecule has 0 bridgehead atoms. The Kier molecular flexibility index (Phi) is 4.56. The Labute approximate surface area is 120 Å². The van der Waals surface area contributed by atoms with Crippen LogP contribution in [0.2, 0.25) is 0 Å². The van der Waals surface area contributed by atoms with Gasteiger partial charge in [0.1, 0.15) is 5.82 Å². The Bertz CT molecular complexity index is 594. The van der Waals surface area contributed by atoms with E-state index in [0.717, 1.165) is 29.8 Å². The summed E-state index contributed by atoms with van der Waals surface area (Å²) >= 11 is 0. The fourth-order valence-electron chi connectivity index (χ4n) is 2.65. The topological polar surface area (TPSA) is 12.0 Å². The Morgan fingerprint density at radius 3 is 2.20 bits per heavy atom. The van der Waals surface area contributed by atoms with Crippen LogP contribution >= 0.6 is 0 Å². The molecule has 20 heavy (non-hydrogen) atoms. The molecule has 1 nitrogen and oxygen atoms in total. The molecule has 2 rings (SSSR count). The SMILES string of the molecule is CCNCc1ccc(C)c(-c2c(C)cc(F)cc2C)c1. The molecule has 0 unspecified atom stereocenters. The van der Waals surface area contributed by atoms with Crippen molar-refractivity contribution in [2.45, 2.75) is 34.2 Å².